The fourth-order valence-electron chi connectivity index (χ4n) is 2.85. The van der Waals surface area contributed by atoms with E-state index in [9.17, 15) is 18.4 Å². The molecule has 0 atom stereocenters. The number of rotatable bonds is 3. The third kappa shape index (κ3) is 3.70. The molecule has 0 aliphatic carbocycles. The maximum atomic E-state index is 13.6. The average Bonchev–Trinajstić information content (AvgIpc) is 2.60. The van der Waals surface area contributed by atoms with E-state index in [4.69, 9.17) is 4.74 Å². The van der Waals surface area contributed by atoms with Gasteiger partial charge >= 0.3 is 0 Å². The zero-order valence-electron chi connectivity index (χ0n) is 13.7. The Hall–Kier alpha value is -2.70. The second kappa shape index (κ2) is 7.04. The molecule has 1 aliphatic heterocycles. The molecule has 0 bridgehead atoms. The number of hydrogen-bond donors (Lipinski definition) is 1. The number of ether oxygens (including phenoxy) is 1. The van der Waals surface area contributed by atoms with Crippen LogP contribution in [-0.2, 0) is 0 Å². The van der Waals surface area contributed by atoms with Crippen LogP contribution in [0, 0.1) is 18.6 Å². The van der Waals surface area contributed by atoms with Crippen molar-refractivity contribution in [3.8, 4) is 5.75 Å². The van der Waals surface area contributed by atoms with Gasteiger partial charge in [-0.2, -0.15) is 0 Å². The second-order valence-electron chi connectivity index (χ2n) is 6.07. The highest BCUT2D eigenvalue weighted by molar-refractivity contribution is 5.94. The first kappa shape index (κ1) is 17.1. The summed E-state index contributed by atoms with van der Waals surface area (Å²) in [7, 11) is 0. The quantitative estimate of drug-likeness (QED) is 0.928. The van der Waals surface area contributed by atoms with Crippen LogP contribution in [0.1, 0.15) is 28.8 Å². The third-order valence-corrected chi connectivity index (χ3v) is 4.28. The van der Waals surface area contributed by atoms with Crippen molar-refractivity contribution in [2.75, 3.05) is 13.1 Å². The molecule has 1 amide bonds. The number of aromatic amines is 1. The molecule has 1 aromatic carbocycles. The molecule has 2 aromatic rings. The average molecular weight is 348 g/mol. The number of carbonyl (C=O) groups excluding carboxylic acids is 1. The summed E-state index contributed by atoms with van der Waals surface area (Å²) in [4.78, 5) is 28.9. The fraction of sp³-hybridized carbons (Fsp3) is 0.333. The number of pyridine rings is 1. The molecule has 5 nitrogen and oxygen atoms in total. The highest BCUT2D eigenvalue weighted by Gasteiger charge is 2.26. The predicted octanol–water partition coefficient (Wildman–Crippen LogP) is 2.65. The SMILES string of the molecule is Cc1c[nH]cc(C(=O)N2CCC(Oc3ccc(F)cc3F)CC2)c1=O. The lowest BCUT2D eigenvalue weighted by atomic mass is 10.1. The van der Waals surface area contributed by atoms with Crippen LogP contribution in [0.3, 0.4) is 0 Å². The van der Waals surface area contributed by atoms with E-state index in [-0.39, 0.29) is 28.8 Å². The van der Waals surface area contributed by atoms with Gasteiger partial charge in [-0.1, -0.05) is 0 Å². The van der Waals surface area contributed by atoms with Gasteiger partial charge in [0.05, 0.1) is 0 Å². The van der Waals surface area contributed by atoms with E-state index in [2.05, 4.69) is 4.98 Å². The van der Waals surface area contributed by atoms with Gasteiger partial charge in [-0.25, -0.2) is 8.78 Å². The molecule has 132 valence electrons. The monoisotopic (exact) mass is 348 g/mol. The fourth-order valence-corrected chi connectivity index (χ4v) is 2.85. The van der Waals surface area contributed by atoms with Crippen LogP contribution < -0.4 is 10.2 Å². The molecule has 2 heterocycles. The summed E-state index contributed by atoms with van der Waals surface area (Å²) in [5.41, 5.74) is 0.315. The Morgan fingerprint density at radius 3 is 2.64 bits per heavy atom. The van der Waals surface area contributed by atoms with Gasteiger partial charge in [0.1, 0.15) is 17.5 Å². The Balaban J connectivity index is 1.62. The summed E-state index contributed by atoms with van der Waals surface area (Å²) in [6, 6.07) is 3.17. The number of aryl methyl sites for hydroxylation is 1. The molecule has 0 unspecified atom stereocenters. The molecule has 7 heteroatoms. The lowest BCUT2D eigenvalue weighted by molar-refractivity contribution is 0.0586. The topological polar surface area (TPSA) is 62.4 Å². The Labute approximate surface area is 143 Å². The lowest BCUT2D eigenvalue weighted by Crippen LogP contribution is -2.43. The number of hydrogen-bond acceptors (Lipinski definition) is 3. The number of nitrogens with zero attached hydrogens (tertiary/aromatic N) is 1. The van der Waals surface area contributed by atoms with Crippen molar-refractivity contribution in [2.24, 2.45) is 0 Å². The number of halogens is 2. The van der Waals surface area contributed by atoms with Crippen molar-refractivity contribution in [2.45, 2.75) is 25.9 Å². The Bertz CT molecular complexity index is 842. The van der Waals surface area contributed by atoms with Crippen LogP contribution in [0.5, 0.6) is 5.75 Å². The van der Waals surface area contributed by atoms with Crippen LogP contribution in [0.2, 0.25) is 0 Å². The van der Waals surface area contributed by atoms with Crippen molar-refractivity contribution < 1.29 is 18.3 Å². The number of piperidine rings is 1. The van der Waals surface area contributed by atoms with Crippen molar-refractivity contribution in [1.82, 2.24) is 9.88 Å². The van der Waals surface area contributed by atoms with E-state index in [1.807, 2.05) is 0 Å². The van der Waals surface area contributed by atoms with Gasteiger partial charge in [0.25, 0.3) is 5.91 Å². The van der Waals surface area contributed by atoms with Gasteiger partial charge in [-0.15, -0.1) is 0 Å². The normalized spacial score (nSPS) is 15.2. The van der Waals surface area contributed by atoms with Gasteiger partial charge < -0.3 is 14.6 Å². The molecule has 1 aliphatic rings. The minimum absolute atomic E-state index is 0.00121. The predicted molar refractivity (Wildman–Crippen MR) is 87.7 cm³/mol. The molecule has 3 rings (SSSR count). The van der Waals surface area contributed by atoms with Gasteiger partial charge in [-0.3, -0.25) is 9.59 Å². The zero-order chi connectivity index (χ0) is 18.0. The van der Waals surface area contributed by atoms with Crippen LogP contribution in [0.4, 0.5) is 8.78 Å². The largest absolute Gasteiger partial charge is 0.487 e. The van der Waals surface area contributed by atoms with E-state index >= 15 is 0 Å². The summed E-state index contributed by atoms with van der Waals surface area (Å²) in [6.45, 7) is 2.45. The summed E-state index contributed by atoms with van der Waals surface area (Å²) < 4.78 is 32.1. The minimum Gasteiger partial charge on any atom is -0.487 e. The van der Waals surface area contributed by atoms with Crippen LogP contribution in [0.15, 0.2) is 35.4 Å². The van der Waals surface area contributed by atoms with Crippen molar-refractivity contribution in [1.29, 1.82) is 0 Å². The van der Waals surface area contributed by atoms with Crippen LogP contribution >= 0.6 is 0 Å². The Kier molecular flexibility index (Phi) is 4.83. The molecule has 1 saturated heterocycles. The smallest absolute Gasteiger partial charge is 0.259 e. The summed E-state index contributed by atoms with van der Waals surface area (Å²) in [6.07, 6.45) is 3.71. The molecule has 1 fully saturated rings. The molecule has 1 aromatic heterocycles. The van der Waals surface area contributed by atoms with E-state index in [1.54, 1.807) is 18.0 Å². The van der Waals surface area contributed by atoms with E-state index in [1.165, 1.54) is 12.3 Å². The number of benzene rings is 1. The third-order valence-electron chi connectivity index (χ3n) is 4.28. The number of H-pyrrole nitrogens is 1. The number of carbonyl (C=O) groups is 1. The summed E-state index contributed by atoms with van der Waals surface area (Å²) >= 11 is 0. The summed E-state index contributed by atoms with van der Waals surface area (Å²) in [5.74, 6) is -1.73. The molecule has 0 spiro atoms. The van der Waals surface area contributed by atoms with Gasteiger partial charge in [0, 0.05) is 50.0 Å². The number of aromatic nitrogens is 1. The molecule has 0 radical (unpaired) electrons. The first-order chi connectivity index (χ1) is 12.0. The molecular weight excluding hydrogens is 330 g/mol. The van der Waals surface area contributed by atoms with Crippen LogP contribution in [-0.4, -0.2) is 35.0 Å². The maximum absolute atomic E-state index is 13.6. The van der Waals surface area contributed by atoms with Gasteiger partial charge in [-0.05, 0) is 19.1 Å². The Morgan fingerprint density at radius 2 is 1.96 bits per heavy atom. The van der Waals surface area contributed by atoms with Crippen molar-refractivity contribution >= 4 is 5.91 Å². The second-order valence-corrected chi connectivity index (χ2v) is 6.07. The lowest BCUT2D eigenvalue weighted by Gasteiger charge is -2.32. The molecule has 1 N–H and O–H groups in total. The molecule has 25 heavy (non-hydrogen) atoms. The van der Waals surface area contributed by atoms with E-state index < -0.39 is 11.6 Å². The minimum atomic E-state index is -0.746. The number of likely N-dealkylation sites (tertiary alicyclic amines) is 1. The maximum Gasteiger partial charge on any atom is 0.259 e. The van der Waals surface area contributed by atoms with Gasteiger partial charge in [0.2, 0.25) is 0 Å². The highest BCUT2D eigenvalue weighted by Crippen LogP contribution is 2.23. The summed E-state index contributed by atoms with van der Waals surface area (Å²) in [5, 5.41) is 0. The van der Waals surface area contributed by atoms with Crippen LogP contribution in [0.25, 0.3) is 0 Å². The Morgan fingerprint density at radius 1 is 1.24 bits per heavy atom. The number of amides is 1. The van der Waals surface area contributed by atoms with E-state index in [0.29, 0.717) is 31.5 Å². The van der Waals surface area contributed by atoms with E-state index in [0.717, 1.165) is 12.1 Å². The first-order valence-electron chi connectivity index (χ1n) is 8.04. The van der Waals surface area contributed by atoms with Gasteiger partial charge in [0.15, 0.2) is 17.0 Å². The number of nitrogens with one attached hydrogen (secondary N) is 1. The highest BCUT2D eigenvalue weighted by atomic mass is 19.1. The standard InChI is InChI=1S/C18H18F2N2O3/c1-11-9-21-10-14(17(11)23)18(24)22-6-4-13(5-7-22)25-16-3-2-12(19)8-15(16)20/h2-3,8-10,13H,4-7H2,1H3,(H,21,23). The zero-order valence-corrected chi connectivity index (χ0v) is 13.7. The first-order valence-corrected chi connectivity index (χ1v) is 8.04. The van der Waals surface area contributed by atoms with Crippen molar-refractivity contribution in [3.05, 3.63) is 63.6 Å². The van der Waals surface area contributed by atoms with Crippen molar-refractivity contribution in [3.63, 3.8) is 0 Å². The molecular formula is C18H18F2N2O3. The molecule has 0 saturated carbocycles.